The first kappa shape index (κ1) is 17.0. The van der Waals surface area contributed by atoms with Crippen LogP contribution < -0.4 is 0 Å². The minimum absolute atomic E-state index is 0.123. The summed E-state index contributed by atoms with van der Waals surface area (Å²) >= 11 is 0. The summed E-state index contributed by atoms with van der Waals surface area (Å²) < 4.78 is 5.06. The standard InChI is InChI=1S/C15H28N2O3/c1-4-6-9-16(3)12-14(18)17-10-7-8-13(11-17)15(19)20-5-2/h13H,4-12H2,1-3H3. The number of nitrogens with zero attached hydrogens (tertiary/aromatic N) is 2. The average Bonchev–Trinajstić information content (AvgIpc) is 2.45. The first-order valence-electron chi connectivity index (χ1n) is 7.71. The van der Waals surface area contributed by atoms with E-state index in [9.17, 15) is 9.59 Å². The summed E-state index contributed by atoms with van der Waals surface area (Å²) in [6, 6.07) is 0. The summed E-state index contributed by atoms with van der Waals surface area (Å²) in [6.45, 7) is 7.02. The molecule has 116 valence electrons. The van der Waals surface area contributed by atoms with Crippen molar-refractivity contribution < 1.29 is 14.3 Å². The predicted molar refractivity (Wildman–Crippen MR) is 78.3 cm³/mol. The summed E-state index contributed by atoms with van der Waals surface area (Å²) in [5.41, 5.74) is 0. The molecule has 0 bridgehead atoms. The normalized spacial score (nSPS) is 19.2. The van der Waals surface area contributed by atoms with Crippen LogP contribution in [0.15, 0.2) is 0 Å². The van der Waals surface area contributed by atoms with Crippen molar-refractivity contribution in [2.24, 2.45) is 5.92 Å². The molecule has 5 nitrogen and oxygen atoms in total. The molecule has 0 N–H and O–H groups in total. The highest BCUT2D eigenvalue weighted by molar-refractivity contribution is 5.80. The van der Waals surface area contributed by atoms with E-state index in [1.54, 1.807) is 0 Å². The number of carbonyl (C=O) groups excluding carboxylic acids is 2. The summed E-state index contributed by atoms with van der Waals surface area (Å²) in [5.74, 6) is -0.185. The molecule has 20 heavy (non-hydrogen) atoms. The number of ether oxygens (including phenoxy) is 1. The Morgan fingerprint density at radius 2 is 2.10 bits per heavy atom. The van der Waals surface area contributed by atoms with Crippen molar-refractivity contribution in [3.63, 3.8) is 0 Å². The van der Waals surface area contributed by atoms with E-state index in [-0.39, 0.29) is 17.8 Å². The number of piperidine rings is 1. The molecule has 1 aliphatic rings. The molecule has 1 atom stereocenters. The maximum absolute atomic E-state index is 12.2. The molecular weight excluding hydrogens is 256 g/mol. The number of rotatable bonds is 7. The number of carbonyl (C=O) groups is 2. The lowest BCUT2D eigenvalue weighted by atomic mass is 9.98. The molecule has 0 aromatic carbocycles. The summed E-state index contributed by atoms with van der Waals surface area (Å²) in [7, 11) is 1.97. The molecule has 0 aromatic rings. The zero-order valence-corrected chi connectivity index (χ0v) is 13.1. The number of likely N-dealkylation sites (tertiary alicyclic amines) is 1. The SMILES string of the molecule is CCCCN(C)CC(=O)N1CCCC(C(=O)OCC)C1. The highest BCUT2D eigenvalue weighted by Gasteiger charge is 2.29. The van der Waals surface area contributed by atoms with Crippen LogP contribution in [0.4, 0.5) is 0 Å². The van der Waals surface area contributed by atoms with E-state index >= 15 is 0 Å². The van der Waals surface area contributed by atoms with Crippen LogP contribution in [0.5, 0.6) is 0 Å². The second-order valence-electron chi connectivity index (χ2n) is 5.52. The van der Waals surface area contributed by atoms with E-state index in [4.69, 9.17) is 4.74 Å². The van der Waals surface area contributed by atoms with Crippen molar-refractivity contribution >= 4 is 11.9 Å². The summed E-state index contributed by atoms with van der Waals surface area (Å²) in [6.07, 6.45) is 3.95. The van der Waals surface area contributed by atoms with Gasteiger partial charge in [-0.05, 0) is 39.8 Å². The lowest BCUT2D eigenvalue weighted by Crippen LogP contribution is -2.46. The van der Waals surface area contributed by atoms with Crippen LogP contribution in [0.2, 0.25) is 0 Å². The van der Waals surface area contributed by atoms with Crippen molar-refractivity contribution in [2.75, 3.05) is 39.8 Å². The van der Waals surface area contributed by atoms with Gasteiger partial charge in [-0.15, -0.1) is 0 Å². The minimum atomic E-state index is -0.163. The third-order valence-electron chi connectivity index (χ3n) is 3.69. The summed E-state index contributed by atoms with van der Waals surface area (Å²) in [5, 5.41) is 0. The molecule has 0 aliphatic carbocycles. The van der Waals surface area contributed by atoms with Crippen LogP contribution in [0, 0.1) is 5.92 Å². The predicted octanol–water partition coefficient (Wildman–Crippen LogP) is 1.52. The van der Waals surface area contributed by atoms with Gasteiger partial charge in [-0.1, -0.05) is 13.3 Å². The zero-order chi connectivity index (χ0) is 15.0. The highest BCUT2D eigenvalue weighted by Crippen LogP contribution is 2.18. The molecule has 0 spiro atoms. The second kappa shape index (κ2) is 8.95. The fraction of sp³-hybridized carbons (Fsp3) is 0.867. The molecule has 0 saturated carbocycles. The highest BCUT2D eigenvalue weighted by atomic mass is 16.5. The van der Waals surface area contributed by atoms with Crippen molar-refractivity contribution in [2.45, 2.75) is 39.5 Å². The van der Waals surface area contributed by atoms with Crippen LogP contribution in [-0.2, 0) is 14.3 Å². The van der Waals surface area contributed by atoms with Gasteiger partial charge in [-0.25, -0.2) is 0 Å². The van der Waals surface area contributed by atoms with Gasteiger partial charge in [0.2, 0.25) is 5.91 Å². The number of amides is 1. The molecular formula is C15H28N2O3. The topological polar surface area (TPSA) is 49.9 Å². The fourth-order valence-corrected chi connectivity index (χ4v) is 2.49. The molecule has 1 unspecified atom stereocenters. The first-order valence-corrected chi connectivity index (χ1v) is 7.71. The molecule has 1 fully saturated rings. The lowest BCUT2D eigenvalue weighted by molar-refractivity contribution is -0.151. The Kier molecular flexibility index (Phi) is 7.59. The van der Waals surface area contributed by atoms with Gasteiger partial charge in [-0.2, -0.15) is 0 Å². The van der Waals surface area contributed by atoms with Crippen LogP contribution in [-0.4, -0.2) is 61.5 Å². The monoisotopic (exact) mass is 284 g/mol. The number of hydrogen-bond donors (Lipinski definition) is 0. The smallest absolute Gasteiger partial charge is 0.310 e. The molecule has 0 aromatic heterocycles. The third-order valence-corrected chi connectivity index (χ3v) is 3.69. The second-order valence-corrected chi connectivity index (χ2v) is 5.52. The van der Waals surface area contributed by atoms with Gasteiger partial charge in [0.25, 0.3) is 0 Å². The number of unbranched alkanes of at least 4 members (excludes halogenated alkanes) is 1. The van der Waals surface area contributed by atoms with Gasteiger partial charge in [0.1, 0.15) is 0 Å². The van der Waals surface area contributed by atoms with E-state index < -0.39 is 0 Å². The molecule has 0 radical (unpaired) electrons. The Morgan fingerprint density at radius 3 is 2.75 bits per heavy atom. The van der Waals surface area contributed by atoms with Gasteiger partial charge in [0, 0.05) is 13.1 Å². The van der Waals surface area contributed by atoms with E-state index in [1.807, 2.05) is 18.9 Å². The van der Waals surface area contributed by atoms with E-state index in [1.165, 1.54) is 0 Å². The molecule has 1 rings (SSSR count). The van der Waals surface area contributed by atoms with Gasteiger partial charge >= 0.3 is 5.97 Å². The Balaban J connectivity index is 2.41. The fourth-order valence-electron chi connectivity index (χ4n) is 2.49. The largest absolute Gasteiger partial charge is 0.466 e. The molecule has 5 heteroatoms. The maximum Gasteiger partial charge on any atom is 0.310 e. The first-order chi connectivity index (χ1) is 9.58. The quantitative estimate of drug-likeness (QED) is 0.665. The van der Waals surface area contributed by atoms with Crippen LogP contribution >= 0.6 is 0 Å². The van der Waals surface area contributed by atoms with Gasteiger partial charge in [-0.3, -0.25) is 14.5 Å². The Bertz CT molecular complexity index is 320. The van der Waals surface area contributed by atoms with Crippen molar-refractivity contribution in [3.8, 4) is 0 Å². The van der Waals surface area contributed by atoms with Gasteiger partial charge in [0.15, 0.2) is 0 Å². The van der Waals surface area contributed by atoms with Gasteiger partial charge < -0.3 is 9.64 Å². The molecule has 1 saturated heterocycles. The van der Waals surface area contributed by atoms with Crippen LogP contribution in [0.1, 0.15) is 39.5 Å². The maximum atomic E-state index is 12.2. The number of esters is 1. The lowest BCUT2D eigenvalue weighted by Gasteiger charge is -2.32. The van der Waals surface area contributed by atoms with Crippen molar-refractivity contribution in [1.29, 1.82) is 0 Å². The van der Waals surface area contributed by atoms with Gasteiger partial charge in [0.05, 0.1) is 19.1 Å². The van der Waals surface area contributed by atoms with Crippen LogP contribution in [0.25, 0.3) is 0 Å². The molecule has 1 heterocycles. The Labute approximate surface area is 122 Å². The molecule has 1 aliphatic heterocycles. The van der Waals surface area contributed by atoms with Crippen LogP contribution in [0.3, 0.4) is 0 Å². The van der Waals surface area contributed by atoms with E-state index in [2.05, 4.69) is 11.8 Å². The average molecular weight is 284 g/mol. The van der Waals surface area contributed by atoms with Crippen molar-refractivity contribution in [3.05, 3.63) is 0 Å². The number of likely N-dealkylation sites (N-methyl/N-ethyl adjacent to an activating group) is 1. The summed E-state index contributed by atoms with van der Waals surface area (Å²) in [4.78, 5) is 27.9. The zero-order valence-electron chi connectivity index (χ0n) is 13.1. The molecule has 1 amide bonds. The number of hydrogen-bond acceptors (Lipinski definition) is 4. The third kappa shape index (κ3) is 5.49. The Hall–Kier alpha value is -1.10. The van der Waals surface area contributed by atoms with E-state index in [0.717, 1.165) is 38.8 Å². The Morgan fingerprint density at radius 1 is 1.35 bits per heavy atom. The van der Waals surface area contributed by atoms with Crippen molar-refractivity contribution in [1.82, 2.24) is 9.80 Å². The minimum Gasteiger partial charge on any atom is -0.466 e. The van der Waals surface area contributed by atoms with E-state index in [0.29, 0.717) is 19.7 Å².